The summed E-state index contributed by atoms with van der Waals surface area (Å²) in [5, 5.41) is 8.59. The van der Waals surface area contributed by atoms with E-state index in [-0.39, 0.29) is 0 Å². The Hall–Kier alpha value is -1.29. The summed E-state index contributed by atoms with van der Waals surface area (Å²) in [6.07, 6.45) is 0.902. The minimum absolute atomic E-state index is 0.656. The molecular formula is C17H18Cl2N2S. The number of hydrogen-bond donors (Lipinski definition) is 2. The molecule has 0 amide bonds. The summed E-state index contributed by atoms with van der Waals surface area (Å²) in [6, 6.07) is 13.7. The summed E-state index contributed by atoms with van der Waals surface area (Å²) in [4.78, 5) is 0. The van der Waals surface area contributed by atoms with Crippen LogP contribution >= 0.6 is 35.4 Å². The first-order chi connectivity index (χ1) is 10.5. The van der Waals surface area contributed by atoms with Gasteiger partial charge in [0.05, 0.1) is 0 Å². The lowest BCUT2D eigenvalue weighted by molar-refractivity contribution is 0.812. The Labute approximate surface area is 146 Å². The van der Waals surface area contributed by atoms with Gasteiger partial charge in [-0.2, -0.15) is 0 Å². The molecule has 0 aromatic heterocycles. The minimum Gasteiger partial charge on any atom is -0.362 e. The fraction of sp³-hybridized carbons (Fsp3) is 0.235. The number of hydrogen-bond acceptors (Lipinski definition) is 1. The van der Waals surface area contributed by atoms with Crippen LogP contribution in [0.1, 0.15) is 16.7 Å². The predicted molar refractivity (Wildman–Crippen MR) is 98.8 cm³/mol. The van der Waals surface area contributed by atoms with Crippen LogP contribution in [0.4, 0.5) is 0 Å². The van der Waals surface area contributed by atoms with E-state index in [2.05, 4.69) is 10.6 Å². The third-order valence-corrected chi connectivity index (χ3v) is 4.13. The van der Waals surface area contributed by atoms with Crippen molar-refractivity contribution in [2.75, 3.05) is 6.54 Å². The van der Waals surface area contributed by atoms with E-state index in [1.54, 1.807) is 0 Å². The van der Waals surface area contributed by atoms with Gasteiger partial charge < -0.3 is 10.6 Å². The second-order valence-corrected chi connectivity index (χ2v) is 6.34. The third kappa shape index (κ3) is 5.48. The van der Waals surface area contributed by atoms with Crippen LogP contribution in [0.15, 0.2) is 42.5 Å². The largest absolute Gasteiger partial charge is 0.362 e. The molecule has 22 heavy (non-hydrogen) atoms. The Bertz CT molecular complexity index is 642. The van der Waals surface area contributed by atoms with Gasteiger partial charge in [0.2, 0.25) is 0 Å². The van der Waals surface area contributed by atoms with Gasteiger partial charge in [0, 0.05) is 23.1 Å². The third-order valence-electron chi connectivity index (χ3n) is 3.36. The van der Waals surface area contributed by atoms with Crippen molar-refractivity contribution in [3.05, 3.63) is 69.2 Å². The molecule has 5 heteroatoms. The molecule has 0 heterocycles. The first-order valence-corrected chi connectivity index (χ1v) is 8.22. The highest BCUT2D eigenvalue weighted by Gasteiger charge is 2.01. The average molecular weight is 353 g/mol. The molecule has 0 unspecified atom stereocenters. The number of thiocarbonyl (C=S) groups is 1. The number of aryl methyl sites for hydroxylation is 1. The molecule has 0 bridgehead atoms. The number of rotatable bonds is 5. The van der Waals surface area contributed by atoms with E-state index in [1.165, 1.54) is 11.1 Å². The molecule has 0 saturated heterocycles. The normalized spacial score (nSPS) is 10.3. The van der Waals surface area contributed by atoms with Crippen molar-refractivity contribution < 1.29 is 0 Å². The molecule has 116 valence electrons. The van der Waals surface area contributed by atoms with E-state index in [4.69, 9.17) is 35.4 Å². The van der Waals surface area contributed by atoms with Gasteiger partial charge in [-0.1, -0.05) is 41.4 Å². The van der Waals surface area contributed by atoms with Crippen molar-refractivity contribution in [1.29, 1.82) is 0 Å². The molecule has 2 N–H and O–H groups in total. The van der Waals surface area contributed by atoms with E-state index < -0.39 is 0 Å². The first-order valence-electron chi connectivity index (χ1n) is 7.06. The second kappa shape index (κ2) is 8.37. The SMILES string of the molecule is Cc1cc(Cl)ccc1CNC(=S)NCCc1ccc(Cl)cc1. The molecule has 0 aliphatic heterocycles. The lowest BCUT2D eigenvalue weighted by atomic mass is 10.1. The molecule has 0 aliphatic carbocycles. The standard InChI is InChI=1S/C17H18Cl2N2S/c1-12-10-16(19)7-4-14(12)11-21-17(22)20-9-8-13-2-5-15(18)6-3-13/h2-7,10H,8-9,11H2,1H3,(H2,20,21,22). The average Bonchev–Trinajstić information content (AvgIpc) is 2.48. The number of benzene rings is 2. The number of halogens is 2. The molecule has 2 rings (SSSR count). The van der Waals surface area contributed by atoms with Crippen molar-refractivity contribution in [3.8, 4) is 0 Å². The summed E-state index contributed by atoms with van der Waals surface area (Å²) in [5.74, 6) is 0. The highest BCUT2D eigenvalue weighted by atomic mass is 35.5. The maximum atomic E-state index is 5.95. The topological polar surface area (TPSA) is 24.1 Å². The fourth-order valence-electron chi connectivity index (χ4n) is 2.07. The summed E-state index contributed by atoms with van der Waals surface area (Å²) in [5.41, 5.74) is 3.57. The first kappa shape index (κ1) is 17.1. The molecule has 0 saturated carbocycles. The van der Waals surface area contributed by atoms with Gasteiger partial charge in [0.1, 0.15) is 0 Å². The van der Waals surface area contributed by atoms with Crippen LogP contribution in [0.3, 0.4) is 0 Å². The highest BCUT2D eigenvalue weighted by molar-refractivity contribution is 7.80. The summed E-state index contributed by atoms with van der Waals surface area (Å²) >= 11 is 17.1. The van der Waals surface area contributed by atoms with Crippen molar-refractivity contribution in [2.45, 2.75) is 19.9 Å². The zero-order valence-electron chi connectivity index (χ0n) is 12.3. The van der Waals surface area contributed by atoms with Crippen LogP contribution in [-0.4, -0.2) is 11.7 Å². The Balaban J connectivity index is 1.72. The monoisotopic (exact) mass is 352 g/mol. The Morgan fingerprint density at radius 1 is 1.00 bits per heavy atom. The van der Waals surface area contributed by atoms with E-state index in [0.717, 1.165) is 28.6 Å². The molecule has 2 aromatic carbocycles. The van der Waals surface area contributed by atoms with E-state index in [0.29, 0.717) is 11.7 Å². The molecular weight excluding hydrogens is 335 g/mol. The van der Waals surface area contributed by atoms with Crippen LogP contribution < -0.4 is 10.6 Å². The molecule has 0 aliphatic rings. The second-order valence-electron chi connectivity index (χ2n) is 5.06. The maximum absolute atomic E-state index is 5.95. The van der Waals surface area contributed by atoms with Crippen LogP contribution in [0, 0.1) is 6.92 Å². The zero-order valence-corrected chi connectivity index (χ0v) is 14.7. The van der Waals surface area contributed by atoms with Gasteiger partial charge in [-0.05, 0) is 66.5 Å². The quantitative estimate of drug-likeness (QED) is 0.774. The lowest BCUT2D eigenvalue weighted by Crippen LogP contribution is -2.36. The van der Waals surface area contributed by atoms with E-state index in [1.807, 2.05) is 49.4 Å². The molecule has 0 spiro atoms. The predicted octanol–water partition coefficient (Wildman–Crippen LogP) is 4.51. The summed E-state index contributed by atoms with van der Waals surface area (Å²) < 4.78 is 0. The van der Waals surface area contributed by atoms with E-state index in [9.17, 15) is 0 Å². The van der Waals surface area contributed by atoms with E-state index >= 15 is 0 Å². The van der Waals surface area contributed by atoms with Crippen molar-refractivity contribution in [1.82, 2.24) is 10.6 Å². The number of nitrogens with one attached hydrogen (secondary N) is 2. The van der Waals surface area contributed by atoms with Gasteiger partial charge in [0.15, 0.2) is 5.11 Å². The van der Waals surface area contributed by atoms with Crippen LogP contribution in [0.25, 0.3) is 0 Å². The Morgan fingerprint density at radius 2 is 1.68 bits per heavy atom. The maximum Gasteiger partial charge on any atom is 0.166 e. The lowest BCUT2D eigenvalue weighted by Gasteiger charge is -2.12. The smallest absolute Gasteiger partial charge is 0.166 e. The van der Waals surface area contributed by atoms with Gasteiger partial charge in [-0.3, -0.25) is 0 Å². The molecule has 2 aromatic rings. The summed E-state index contributed by atoms with van der Waals surface area (Å²) in [6.45, 7) is 3.52. The van der Waals surface area contributed by atoms with Crippen LogP contribution in [0.5, 0.6) is 0 Å². The molecule has 0 fully saturated rings. The van der Waals surface area contributed by atoms with Crippen molar-refractivity contribution in [3.63, 3.8) is 0 Å². The van der Waals surface area contributed by atoms with Crippen molar-refractivity contribution in [2.24, 2.45) is 0 Å². The highest BCUT2D eigenvalue weighted by Crippen LogP contribution is 2.14. The van der Waals surface area contributed by atoms with Crippen molar-refractivity contribution >= 4 is 40.5 Å². The Morgan fingerprint density at radius 3 is 2.36 bits per heavy atom. The van der Waals surface area contributed by atoms with Gasteiger partial charge in [-0.25, -0.2) is 0 Å². The van der Waals surface area contributed by atoms with Gasteiger partial charge in [-0.15, -0.1) is 0 Å². The summed E-state index contributed by atoms with van der Waals surface area (Å²) in [7, 11) is 0. The van der Waals surface area contributed by atoms with Gasteiger partial charge >= 0.3 is 0 Å². The Kier molecular flexibility index (Phi) is 6.49. The molecule has 0 atom stereocenters. The van der Waals surface area contributed by atoms with Crippen LogP contribution in [-0.2, 0) is 13.0 Å². The zero-order chi connectivity index (χ0) is 15.9. The fourth-order valence-corrected chi connectivity index (χ4v) is 2.59. The van der Waals surface area contributed by atoms with Gasteiger partial charge in [0.25, 0.3) is 0 Å². The van der Waals surface area contributed by atoms with Crippen LogP contribution in [0.2, 0.25) is 10.0 Å². The molecule has 2 nitrogen and oxygen atoms in total. The molecule has 0 radical (unpaired) electrons. The minimum atomic E-state index is 0.656.